The second-order valence-corrected chi connectivity index (χ2v) is 7.12. The molecule has 2 aromatic carbocycles. The number of carbonyl (C=O) groups is 2. The zero-order chi connectivity index (χ0) is 18.2. The summed E-state index contributed by atoms with van der Waals surface area (Å²) < 4.78 is 5.14. The number of hydrogen-bond donors (Lipinski definition) is 1. The molecule has 0 aliphatic rings. The van der Waals surface area contributed by atoms with Crippen molar-refractivity contribution in [1.82, 2.24) is 0 Å². The average molecular weight is 398 g/mol. The van der Waals surface area contributed by atoms with Crippen molar-refractivity contribution in [2.75, 3.05) is 16.8 Å². The Labute approximate surface area is 160 Å². The normalized spacial score (nSPS) is 10.4. The van der Waals surface area contributed by atoms with Crippen molar-refractivity contribution >= 4 is 52.5 Å². The lowest BCUT2D eigenvalue weighted by Gasteiger charge is -2.07. The number of benzene rings is 2. The summed E-state index contributed by atoms with van der Waals surface area (Å²) in [6, 6.07) is 12.6. The average Bonchev–Trinajstić information content (AvgIpc) is 2.58. The van der Waals surface area contributed by atoms with Crippen LogP contribution in [-0.2, 0) is 20.9 Å². The highest BCUT2D eigenvalue weighted by Crippen LogP contribution is 2.23. The minimum absolute atomic E-state index is 0.0998. The Hall–Kier alpha value is -1.69. The van der Waals surface area contributed by atoms with Crippen LogP contribution in [0.4, 0.5) is 5.69 Å². The van der Waals surface area contributed by atoms with E-state index in [4.69, 9.17) is 27.9 Å². The van der Waals surface area contributed by atoms with Gasteiger partial charge in [0, 0.05) is 5.69 Å². The summed E-state index contributed by atoms with van der Waals surface area (Å²) in [5, 5.41) is 3.64. The monoisotopic (exact) mass is 397 g/mol. The second-order valence-electron chi connectivity index (χ2n) is 5.32. The molecule has 2 rings (SSSR count). The SMILES string of the molecule is Cc1ccc(NC(=O)CSCC(=O)OCc2ccc(Cl)c(Cl)c2)cc1. The Balaban J connectivity index is 1.66. The number of thioether (sulfide) groups is 1. The Morgan fingerprint density at radius 2 is 1.76 bits per heavy atom. The lowest BCUT2D eigenvalue weighted by atomic mass is 10.2. The molecule has 0 bridgehead atoms. The van der Waals surface area contributed by atoms with Crippen LogP contribution in [0.3, 0.4) is 0 Å². The number of hydrogen-bond acceptors (Lipinski definition) is 4. The summed E-state index contributed by atoms with van der Waals surface area (Å²) in [5.74, 6) is -0.274. The van der Waals surface area contributed by atoms with Gasteiger partial charge in [-0.15, -0.1) is 11.8 Å². The fourth-order valence-electron chi connectivity index (χ4n) is 1.90. The number of rotatable bonds is 7. The van der Waals surface area contributed by atoms with Crippen LogP contribution in [0, 0.1) is 6.92 Å². The fourth-order valence-corrected chi connectivity index (χ4v) is 2.83. The molecule has 0 atom stereocenters. The van der Waals surface area contributed by atoms with Crippen LogP contribution in [0.15, 0.2) is 42.5 Å². The van der Waals surface area contributed by atoms with Crippen molar-refractivity contribution < 1.29 is 14.3 Å². The van der Waals surface area contributed by atoms with Gasteiger partial charge in [0.2, 0.25) is 5.91 Å². The van der Waals surface area contributed by atoms with Gasteiger partial charge >= 0.3 is 5.97 Å². The number of nitrogens with one attached hydrogen (secondary N) is 1. The molecular formula is C18H17Cl2NO3S. The molecule has 0 fully saturated rings. The second kappa shape index (κ2) is 9.70. The smallest absolute Gasteiger partial charge is 0.316 e. The fraction of sp³-hybridized carbons (Fsp3) is 0.222. The van der Waals surface area contributed by atoms with Crippen LogP contribution in [0.2, 0.25) is 10.0 Å². The highest BCUT2D eigenvalue weighted by atomic mass is 35.5. The Morgan fingerprint density at radius 3 is 2.44 bits per heavy atom. The molecule has 0 saturated carbocycles. The first-order chi connectivity index (χ1) is 11.9. The van der Waals surface area contributed by atoms with Crippen LogP contribution >= 0.6 is 35.0 Å². The molecule has 7 heteroatoms. The zero-order valence-electron chi connectivity index (χ0n) is 13.6. The molecule has 25 heavy (non-hydrogen) atoms. The molecule has 4 nitrogen and oxygen atoms in total. The van der Waals surface area contributed by atoms with Gasteiger partial charge in [-0.2, -0.15) is 0 Å². The molecule has 0 aliphatic heterocycles. The lowest BCUT2D eigenvalue weighted by Crippen LogP contribution is -2.16. The van der Waals surface area contributed by atoms with E-state index < -0.39 is 0 Å². The largest absolute Gasteiger partial charge is 0.460 e. The van der Waals surface area contributed by atoms with E-state index in [1.54, 1.807) is 18.2 Å². The minimum atomic E-state index is -0.390. The first-order valence-electron chi connectivity index (χ1n) is 7.48. The van der Waals surface area contributed by atoms with Crippen LogP contribution in [0.25, 0.3) is 0 Å². The molecule has 132 valence electrons. The third-order valence-electron chi connectivity index (χ3n) is 3.17. The van der Waals surface area contributed by atoms with E-state index in [-0.39, 0.29) is 30.0 Å². The summed E-state index contributed by atoms with van der Waals surface area (Å²) in [6.07, 6.45) is 0. The number of anilines is 1. The van der Waals surface area contributed by atoms with Crippen molar-refractivity contribution in [1.29, 1.82) is 0 Å². The molecule has 1 N–H and O–H groups in total. The third-order valence-corrected chi connectivity index (χ3v) is 4.82. The van der Waals surface area contributed by atoms with Gasteiger partial charge in [-0.25, -0.2) is 0 Å². The third kappa shape index (κ3) is 6.98. The molecule has 0 heterocycles. The maximum absolute atomic E-state index is 11.8. The molecule has 0 unspecified atom stereocenters. The van der Waals surface area contributed by atoms with Gasteiger partial charge in [0.1, 0.15) is 6.61 Å². The molecule has 0 radical (unpaired) electrons. The maximum atomic E-state index is 11.8. The Morgan fingerprint density at radius 1 is 1.04 bits per heavy atom. The summed E-state index contributed by atoms with van der Waals surface area (Å²) in [4.78, 5) is 23.5. The van der Waals surface area contributed by atoms with Gasteiger partial charge in [-0.1, -0.05) is 47.0 Å². The van der Waals surface area contributed by atoms with Crippen LogP contribution in [-0.4, -0.2) is 23.4 Å². The number of carbonyl (C=O) groups excluding carboxylic acids is 2. The predicted molar refractivity (Wildman–Crippen MR) is 103 cm³/mol. The molecule has 1 amide bonds. The Kier molecular flexibility index (Phi) is 7.62. The first-order valence-corrected chi connectivity index (χ1v) is 9.39. The summed E-state index contributed by atoms with van der Waals surface area (Å²) in [5.41, 5.74) is 2.61. The number of esters is 1. The van der Waals surface area contributed by atoms with Gasteiger partial charge in [0.05, 0.1) is 21.6 Å². The van der Waals surface area contributed by atoms with Crippen molar-refractivity contribution in [3.05, 3.63) is 63.6 Å². The highest BCUT2D eigenvalue weighted by molar-refractivity contribution is 8.00. The molecule has 0 spiro atoms. The zero-order valence-corrected chi connectivity index (χ0v) is 15.9. The van der Waals surface area contributed by atoms with Crippen molar-refractivity contribution in [2.24, 2.45) is 0 Å². The predicted octanol–water partition coefficient (Wildman–Crippen LogP) is 4.72. The quantitative estimate of drug-likeness (QED) is 0.686. The summed E-state index contributed by atoms with van der Waals surface area (Å²) in [7, 11) is 0. The van der Waals surface area contributed by atoms with E-state index in [1.165, 1.54) is 11.8 Å². The van der Waals surface area contributed by atoms with E-state index in [2.05, 4.69) is 5.32 Å². The van der Waals surface area contributed by atoms with Crippen molar-refractivity contribution in [3.8, 4) is 0 Å². The number of ether oxygens (including phenoxy) is 1. The van der Waals surface area contributed by atoms with Gasteiger partial charge in [0.25, 0.3) is 0 Å². The van der Waals surface area contributed by atoms with Crippen molar-refractivity contribution in [2.45, 2.75) is 13.5 Å². The van der Waals surface area contributed by atoms with E-state index in [0.29, 0.717) is 10.0 Å². The number of halogens is 2. The maximum Gasteiger partial charge on any atom is 0.316 e. The van der Waals surface area contributed by atoms with Crippen LogP contribution in [0.1, 0.15) is 11.1 Å². The minimum Gasteiger partial charge on any atom is -0.460 e. The van der Waals surface area contributed by atoms with Crippen molar-refractivity contribution in [3.63, 3.8) is 0 Å². The first kappa shape index (κ1) is 19.6. The van der Waals surface area contributed by atoms with Crippen LogP contribution < -0.4 is 5.32 Å². The van der Waals surface area contributed by atoms with E-state index in [1.807, 2.05) is 31.2 Å². The van der Waals surface area contributed by atoms with Crippen LogP contribution in [0.5, 0.6) is 0 Å². The number of aryl methyl sites for hydroxylation is 1. The lowest BCUT2D eigenvalue weighted by molar-refractivity contribution is -0.141. The van der Waals surface area contributed by atoms with Gasteiger partial charge < -0.3 is 10.1 Å². The standard InChI is InChI=1S/C18H17Cl2NO3S/c1-12-2-5-14(6-3-12)21-17(22)10-25-11-18(23)24-9-13-4-7-15(19)16(20)8-13/h2-8H,9-11H2,1H3,(H,21,22). The molecule has 0 aliphatic carbocycles. The van der Waals surface area contributed by atoms with Gasteiger partial charge in [0.15, 0.2) is 0 Å². The van der Waals surface area contributed by atoms with E-state index in [9.17, 15) is 9.59 Å². The van der Waals surface area contributed by atoms with E-state index >= 15 is 0 Å². The molecule has 2 aromatic rings. The van der Waals surface area contributed by atoms with Gasteiger partial charge in [-0.3, -0.25) is 9.59 Å². The Bertz CT molecular complexity index is 750. The topological polar surface area (TPSA) is 55.4 Å². The molecular weight excluding hydrogens is 381 g/mol. The summed E-state index contributed by atoms with van der Waals surface area (Å²) >= 11 is 12.9. The number of amides is 1. The van der Waals surface area contributed by atoms with E-state index in [0.717, 1.165) is 16.8 Å². The van der Waals surface area contributed by atoms with Gasteiger partial charge in [-0.05, 0) is 36.8 Å². The highest BCUT2D eigenvalue weighted by Gasteiger charge is 2.08. The molecule has 0 aromatic heterocycles. The summed E-state index contributed by atoms with van der Waals surface area (Å²) in [6.45, 7) is 2.09. The molecule has 0 saturated heterocycles.